The van der Waals surface area contributed by atoms with Gasteiger partial charge < -0.3 is 29.3 Å². The molecule has 2 saturated heterocycles. The van der Waals surface area contributed by atoms with Crippen LogP contribution in [-0.4, -0.2) is 82.7 Å². The third-order valence-electron chi connectivity index (χ3n) is 3.53. The molecule has 1 spiro atoms. The summed E-state index contributed by atoms with van der Waals surface area (Å²) >= 11 is 0. The van der Waals surface area contributed by atoms with Crippen LogP contribution in [0.5, 0.6) is 0 Å². The lowest BCUT2D eigenvalue weighted by Crippen LogP contribution is -2.75. The summed E-state index contributed by atoms with van der Waals surface area (Å²) < 4.78 is 0. The Labute approximate surface area is 111 Å². The number of hydrogen-bond donors (Lipinski definition) is 2. The van der Waals surface area contributed by atoms with Gasteiger partial charge in [0.2, 0.25) is 5.91 Å². The molecule has 3 amide bonds. The molecule has 0 saturated carbocycles. The Hall–Kier alpha value is -1.32. The zero-order chi connectivity index (χ0) is 14.4. The van der Waals surface area contributed by atoms with E-state index in [1.807, 2.05) is 0 Å². The SMILES string of the molecule is CB(O)N1CC2(C1)C(=O)N([B]C=O)C(=O)N2B(C)O. The van der Waals surface area contributed by atoms with Crippen LogP contribution in [0.1, 0.15) is 0 Å². The van der Waals surface area contributed by atoms with Crippen LogP contribution in [0.25, 0.3) is 0 Å². The molecule has 2 aliphatic rings. The molecule has 99 valence electrons. The minimum absolute atomic E-state index is 0.128. The fraction of sp³-hybridized carbons (Fsp3) is 0.625. The van der Waals surface area contributed by atoms with Crippen molar-refractivity contribution in [3.8, 4) is 0 Å². The Morgan fingerprint density at radius 3 is 2.26 bits per heavy atom. The molecule has 1 radical (unpaired) electrons. The summed E-state index contributed by atoms with van der Waals surface area (Å²) in [6.07, 6.45) is 0.347. The van der Waals surface area contributed by atoms with Gasteiger partial charge in [-0.1, -0.05) is 0 Å². The normalized spacial score (nSPS) is 21.7. The van der Waals surface area contributed by atoms with Crippen molar-refractivity contribution in [3.05, 3.63) is 0 Å². The topological polar surface area (TPSA) is 101 Å². The molecule has 0 aromatic heterocycles. The summed E-state index contributed by atoms with van der Waals surface area (Å²) in [5.41, 5.74) is -1.19. The van der Waals surface area contributed by atoms with Crippen molar-refractivity contribution in [2.24, 2.45) is 0 Å². The molecule has 11 heteroatoms. The number of hydrogen-bond acceptors (Lipinski definition) is 6. The standard InChI is InChI=1S/C8H13B3N3O5/c1-10(18)12-3-8(4-12)6(16)13(9-5-15)7(17)14(8)11(2)19/h5,18-19H,3-4H2,1-2H3. The van der Waals surface area contributed by atoms with Gasteiger partial charge >= 0.3 is 27.5 Å². The summed E-state index contributed by atoms with van der Waals surface area (Å²) in [4.78, 5) is 38.1. The molecular weight excluding hydrogens is 251 g/mol. The quantitative estimate of drug-likeness (QED) is 0.326. The van der Waals surface area contributed by atoms with Gasteiger partial charge in [-0.3, -0.25) is 9.59 Å². The average molecular weight is 264 g/mol. The van der Waals surface area contributed by atoms with Crippen LogP contribution in [0.4, 0.5) is 4.79 Å². The second-order valence-electron chi connectivity index (χ2n) is 4.81. The lowest BCUT2D eigenvalue weighted by molar-refractivity contribution is -0.134. The Kier molecular flexibility index (Phi) is 3.46. The predicted octanol–water partition coefficient (Wildman–Crippen LogP) is -2.66. The van der Waals surface area contributed by atoms with Gasteiger partial charge in [-0.05, 0) is 13.6 Å². The number of amides is 3. The maximum atomic E-state index is 12.2. The second kappa shape index (κ2) is 4.66. The molecule has 0 aliphatic carbocycles. The maximum Gasteiger partial charge on any atom is 0.414 e. The van der Waals surface area contributed by atoms with E-state index in [0.29, 0.717) is 11.0 Å². The van der Waals surface area contributed by atoms with Crippen LogP contribution < -0.4 is 0 Å². The zero-order valence-corrected chi connectivity index (χ0v) is 10.7. The monoisotopic (exact) mass is 264 g/mol. The minimum Gasteiger partial charge on any atom is -0.437 e. The highest BCUT2D eigenvalue weighted by Crippen LogP contribution is 2.36. The zero-order valence-electron chi connectivity index (χ0n) is 10.7. The molecule has 0 aromatic carbocycles. The lowest BCUT2D eigenvalue weighted by atomic mass is 9.69. The first-order valence-corrected chi connectivity index (χ1v) is 5.91. The molecule has 2 aliphatic heterocycles. The van der Waals surface area contributed by atoms with E-state index in [-0.39, 0.29) is 13.1 Å². The van der Waals surface area contributed by atoms with Gasteiger partial charge in [-0.2, -0.15) is 0 Å². The van der Waals surface area contributed by atoms with Crippen molar-refractivity contribution < 1.29 is 24.4 Å². The highest BCUT2D eigenvalue weighted by molar-refractivity contribution is 6.70. The van der Waals surface area contributed by atoms with E-state index < -0.39 is 31.6 Å². The number of imide groups is 1. The summed E-state index contributed by atoms with van der Waals surface area (Å²) in [5, 5.41) is 19.1. The van der Waals surface area contributed by atoms with E-state index in [0.717, 1.165) is 12.2 Å². The van der Waals surface area contributed by atoms with Gasteiger partial charge in [0.15, 0.2) is 0 Å². The summed E-state index contributed by atoms with van der Waals surface area (Å²) in [6.45, 7) is 3.19. The van der Waals surface area contributed by atoms with Gasteiger partial charge in [-0.25, -0.2) is 0 Å². The van der Waals surface area contributed by atoms with Crippen molar-refractivity contribution in [1.29, 1.82) is 0 Å². The van der Waals surface area contributed by atoms with Gasteiger partial charge in [0.1, 0.15) is 11.7 Å². The highest BCUT2D eigenvalue weighted by Gasteiger charge is 2.64. The van der Waals surface area contributed by atoms with E-state index in [9.17, 15) is 24.4 Å². The van der Waals surface area contributed by atoms with E-state index in [1.165, 1.54) is 6.82 Å². The second-order valence-corrected chi connectivity index (χ2v) is 4.81. The molecule has 0 unspecified atom stereocenters. The van der Waals surface area contributed by atoms with Gasteiger partial charge in [0, 0.05) is 13.1 Å². The average Bonchev–Trinajstić information content (AvgIpc) is 2.47. The summed E-state index contributed by atoms with van der Waals surface area (Å²) in [5.74, 6) is -0.553. The van der Waals surface area contributed by atoms with Gasteiger partial charge in [0.05, 0.1) is 0 Å². The van der Waals surface area contributed by atoms with E-state index in [4.69, 9.17) is 0 Å². The molecular formula is C8H13B3N3O5. The first-order valence-electron chi connectivity index (χ1n) is 5.91. The molecule has 0 aromatic rings. The van der Waals surface area contributed by atoms with Gasteiger partial charge in [-0.15, -0.1) is 0 Å². The molecule has 0 atom stereocenters. The summed E-state index contributed by atoms with van der Waals surface area (Å²) in [7, 11) is -1.05. The van der Waals surface area contributed by atoms with Crippen LogP contribution in [-0.2, 0) is 9.59 Å². The molecule has 2 fully saturated rings. The third-order valence-corrected chi connectivity index (χ3v) is 3.53. The van der Waals surface area contributed by atoms with Crippen LogP contribution >= 0.6 is 0 Å². The molecule has 8 nitrogen and oxygen atoms in total. The third kappa shape index (κ3) is 1.89. The van der Waals surface area contributed by atoms with Crippen LogP contribution in [0.15, 0.2) is 0 Å². The predicted molar refractivity (Wildman–Crippen MR) is 68.6 cm³/mol. The van der Waals surface area contributed by atoms with Crippen molar-refractivity contribution in [1.82, 2.24) is 14.4 Å². The smallest absolute Gasteiger partial charge is 0.414 e. The fourth-order valence-electron chi connectivity index (χ4n) is 2.60. The Balaban J connectivity index is 2.28. The molecule has 2 N–H and O–H groups in total. The number of nitrogens with zero attached hydrogens (tertiary/aromatic N) is 3. The molecule has 2 rings (SSSR count). The Morgan fingerprint density at radius 1 is 1.26 bits per heavy atom. The number of rotatable bonds is 4. The van der Waals surface area contributed by atoms with Crippen LogP contribution in [0, 0.1) is 0 Å². The number of carbonyl (C=O) groups is 3. The van der Waals surface area contributed by atoms with Crippen molar-refractivity contribution >= 4 is 39.6 Å². The van der Waals surface area contributed by atoms with Crippen LogP contribution in [0.3, 0.4) is 0 Å². The molecule has 0 bridgehead atoms. The highest BCUT2D eigenvalue weighted by atomic mass is 16.2. The Morgan fingerprint density at radius 2 is 1.84 bits per heavy atom. The Bertz CT molecular complexity index is 426. The lowest BCUT2D eigenvalue weighted by Gasteiger charge is -2.51. The van der Waals surface area contributed by atoms with Crippen LogP contribution in [0.2, 0.25) is 13.6 Å². The van der Waals surface area contributed by atoms with E-state index in [1.54, 1.807) is 11.6 Å². The number of carbonyl (C=O) groups excluding carboxylic acids is 3. The van der Waals surface area contributed by atoms with Crippen molar-refractivity contribution in [3.63, 3.8) is 0 Å². The largest absolute Gasteiger partial charge is 0.437 e. The number of urea groups is 1. The minimum atomic E-state index is -1.19. The first kappa shape index (κ1) is 14.1. The fourth-order valence-corrected chi connectivity index (χ4v) is 2.60. The molecule has 19 heavy (non-hydrogen) atoms. The van der Waals surface area contributed by atoms with Crippen molar-refractivity contribution in [2.45, 2.75) is 19.2 Å². The van der Waals surface area contributed by atoms with Crippen molar-refractivity contribution in [2.75, 3.05) is 13.1 Å². The van der Waals surface area contributed by atoms with E-state index >= 15 is 0 Å². The summed E-state index contributed by atoms with van der Waals surface area (Å²) in [6, 6.07) is -0.725. The van der Waals surface area contributed by atoms with E-state index in [2.05, 4.69) is 0 Å². The molecule has 2 heterocycles. The first-order chi connectivity index (χ1) is 8.85. The van der Waals surface area contributed by atoms with Gasteiger partial charge in [0.25, 0.3) is 0 Å². The maximum absolute atomic E-state index is 12.2.